The van der Waals surface area contributed by atoms with E-state index in [1.807, 2.05) is 6.26 Å². The Morgan fingerprint density at radius 3 is 2.93 bits per heavy atom. The van der Waals surface area contributed by atoms with Crippen LogP contribution in [0.25, 0.3) is 11.2 Å². The Balaban J connectivity index is 2.07. The summed E-state index contributed by atoms with van der Waals surface area (Å²) in [5, 5.41) is 32.0. The summed E-state index contributed by atoms with van der Waals surface area (Å²) in [5.41, 5.74) is 6.24. The molecule has 0 aromatic carbocycles. The fourth-order valence-electron chi connectivity index (χ4n) is 3.19. The number of ether oxygens (including phenoxy) is 1. The number of thioether (sulfide) groups is 1. The summed E-state index contributed by atoms with van der Waals surface area (Å²) < 4.78 is 20.5. The number of aliphatic hydroxyl groups excluding tert-OH is 2. The first-order valence-electron chi connectivity index (χ1n) is 8.40. The maximum absolute atomic E-state index is 13.6. The fraction of sp³-hybridized carbons (Fsp3) is 0.600. The largest absolute Gasteiger partial charge is 0.480 e. The number of nitrogens with one attached hydrogen (secondary N) is 1. The van der Waals surface area contributed by atoms with Crippen molar-refractivity contribution in [3.05, 3.63) is 12.7 Å². The van der Waals surface area contributed by atoms with Crippen LogP contribution in [0, 0.1) is 0 Å². The minimum absolute atomic E-state index is 0.0942. The molecular formula is C15H21FN6O5S. The number of hydrogen-bond acceptors (Lipinski definition) is 10. The Bertz CT molecular complexity index is 853. The average molecular weight is 416 g/mol. The second-order valence-electron chi connectivity index (χ2n) is 6.37. The SMILES string of the molecule is CSCC[C@H](N[C@]1(n2cnc3c(N)ncnc32)C[C@H](O)[C@@H](C(O)F)O1)C(=O)O. The molecule has 5 atom stereocenters. The molecule has 1 unspecified atom stereocenters. The summed E-state index contributed by atoms with van der Waals surface area (Å²) in [4.78, 5) is 23.8. The molecule has 154 valence electrons. The lowest BCUT2D eigenvalue weighted by Crippen LogP contribution is -2.55. The van der Waals surface area contributed by atoms with Crippen molar-refractivity contribution in [2.45, 2.75) is 43.3 Å². The van der Waals surface area contributed by atoms with E-state index in [2.05, 4.69) is 20.3 Å². The maximum atomic E-state index is 13.6. The molecule has 3 rings (SSSR count). The van der Waals surface area contributed by atoms with E-state index in [0.717, 1.165) is 0 Å². The normalized spacial score (nSPS) is 27.1. The highest BCUT2D eigenvalue weighted by Crippen LogP contribution is 2.37. The smallest absolute Gasteiger partial charge is 0.320 e. The Hall–Kier alpha value is -2.06. The molecule has 0 saturated carbocycles. The van der Waals surface area contributed by atoms with Gasteiger partial charge in [-0.15, -0.1) is 0 Å². The molecule has 11 nitrogen and oxygen atoms in total. The van der Waals surface area contributed by atoms with Crippen LogP contribution in [0.1, 0.15) is 12.8 Å². The van der Waals surface area contributed by atoms with Gasteiger partial charge in [-0.2, -0.15) is 11.8 Å². The molecule has 0 bridgehead atoms. The van der Waals surface area contributed by atoms with Gasteiger partial charge in [0.05, 0.1) is 6.10 Å². The molecule has 0 spiro atoms. The summed E-state index contributed by atoms with van der Waals surface area (Å²) >= 11 is 1.46. The van der Waals surface area contributed by atoms with Crippen molar-refractivity contribution in [2.24, 2.45) is 0 Å². The van der Waals surface area contributed by atoms with Crippen LogP contribution in [0.3, 0.4) is 0 Å². The Kier molecular flexibility index (Phi) is 6.00. The van der Waals surface area contributed by atoms with Crippen LogP contribution in [-0.2, 0) is 15.4 Å². The van der Waals surface area contributed by atoms with Crippen LogP contribution in [0.2, 0.25) is 0 Å². The number of alkyl halides is 1. The molecule has 13 heteroatoms. The third-order valence-electron chi connectivity index (χ3n) is 4.53. The van der Waals surface area contributed by atoms with Gasteiger partial charge in [0.25, 0.3) is 0 Å². The number of rotatable bonds is 8. The van der Waals surface area contributed by atoms with Gasteiger partial charge in [0.2, 0.25) is 12.2 Å². The molecule has 2 aromatic heterocycles. The predicted octanol–water partition coefficient (Wildman–Crippen LogP) is -0.748. The zero-order chi connectivity index (χ0) is 20.5. The second-order valence-corrected chi connectivity index (χ2v) is 7.36. The number of imidazole rings is 1. The van der Waals surface area contributed by atoms with Crippen molar-refractivity contribution in [3.8, 4) is 0 Å². The van der Waals surface area contributed by atoms with E-state index < -0.39 is 36.4 Å². The lowest BCUT2D eigenvalue weighted by Gasteiger charge is -2.34. The van der Waals surface area contributed by atoms with Gasteiger partial charge in [0.15, 0.2) is 11.5 Å². The molecule has 0 aliphatic carbocycles. The predicted molar refractivity (Wildman–Crippen MR) is 97.9 cm³/mol. The molecule has 0 radical (unpaired) electrons. The van der Waals surface area contributed by atoms with Gasteiger partial charge in [0, 0.05) is 6.42 Å². The average Bonchev–Trinajstić information content (AvgIpc) is 3.21. The van der Waals surface area contributed by atoms with Crippen molar-refractivity contribution in [1.82, 2.24) is 24.8 Å². The van der Waals surface area contributed by atoms with Crippen LogP contribution < -0.4 is 11.1 Å². The molecule has 1 aliphatic rings. The zero-order valence-electron chi connectivity index (χ0n) is 14.9. The monoisotopic (exact) mass is 416 g/mol. The number of aliphatic hydroxyl groups is 2. The number of carbonyl (C=O) groups is 1. The number of aromatic nitrogens is 4. The first-order valence-corrected chi connectivity index (χ1v) is 9.80. The Morgan fingerprint density at radius 1 is 1.57 bits per heavy atom. The highest BCUT2D eigenvalue weighted by atomic mass is 32.2. The zero-order valence-corrected chi connectivity index (χ0v) is 15.7. The van der Waals surface area contributed by atoms with Crippen molar-refractivity contribution in [3.63, 3.8) is 0 Å². The van der Waals surface area contributed by atoms with Gasteiger partial charge in [-0.05, 0) is 18.4 Å². The van der Waals surface area contributed by atoms with Crippen LogP contribution in [-0.4, -0.2) is 77.4 Å². The first kappa shape index (κ1) is 20.7. The van der Waals surface area contributed by atoms with Crippen molar-refractivity contribution in [1.29, 1.82) is 0 Å². The van der Waals surface area contributed by atoms with Crippen molar-refractivity contribution in [2.75, 3.05) is 17.7 Å². The van der Waals surface area contributed by atoms with E-state index >= 15 is 0 Å². The highest BCUT2D eigenvalue weighted by molar-refractivity contribution is 7.98. The third-order valence-corrected chi connectivity index (χ3v) is 5.17. The van der Waals surface area contributed by atoms with Crippen LogP contribution in [0.5, 0.6) is 0 Å². The van der Waals surface area contributed by atoms with Gasteiger partial charge in [-0.1, -0.05) is 0 Å². The topological polar surface area (TPSA) is 169 Å². The Labute approximate surface area is 163 Å². The number of nitrogens with zero attached hydrogens (tertiary/aromatic N) is 4. The fourth-order valence-corrected chi connectivity index (χ4v) is 3.66. The lowest BCUT2D eigenvalue weighted by atomic mass is 10.1. The molecule has 2 aromatic rings. The van der Waals surface area contributed by atoms with Crippen LogP contribution in [0.4, 0.5) is 10.2 Å². The van der Waals surface area contributed by atoms with E-state index in [1.165, 1.54) is 29.0 Å². The van der Waals surface area contributed by atoms with Gasteiger partial charge < -0.3 is 25.8 Å². The number of nitrogen functional groups attached to an aromatic ring is 1. The molecular weight excluding hydrogens is 395 g/mol. The molecule has 1 fully saturated rings. The first-order chi connectivity index (χ1) is 13.3. The van der Waals surface area contributed by atoms with Gasteiger partial charge in [-0.25, -0.2) is 19.3 Å². The number of carboxylic acid groups (broad SMARTS) is 1. The summed E-state index contributed by atoms with van der Waals surface area (Å²) in [5.74, 6) is -2.22. The summed E-state index contributed by atoms with van der Waals surface area (Å²) in [6, 6.07) is -1.08. The van der Waals surface area contributed by atoms with Gasteiger partial charge >= 0.3 is 5.97 Å². The molecule has 3 heterocycles. The van der Waals surface area contributed by atoms with Gasteiger partial charge in [0.1, 0.15) is 30.3 Å². The highest BCUT2D eigenvalue weighted by Gasteiger charge is 2.52. The molecule has 1 saturated heterocycles. The standard InChI is InChI=1S/C15H21FN6O5S/c1-28-3-2-7(14(25)26)21-15(4-8(23)10(27-15)11(16)24)22-6-20-9-12(17)18-5-19-13(9)22/h5-8,10-11,21,23-24H,2-4H2,1H3,(H,25,26)(H2,17,18,19)/t7-,8-,10-,11?,15-/m0/s1. The van der Waals surface area contributed by atoms with E-state index in [9.17, 15) is 24.5 Å². The quantitative estimate of drug-likeness (QED) is 0.367. The van der Waals surface area contributed by atoms with E-state index in [-0.39, 0.29) is 29.8 Å². The number of nitrogens with two attached hydrogens (primary N) is 1. The third kappa shape index (κ3) is 3.75. The number of hydrogen-bond donors (Lipinski definition) is 5. The van der Waals surface area contributed by atoms with E-state index in [4.69, 9.17) is 10.5 Å². The molecule has 0 amide bonds. The van der Waals surface area contributed by atoms with Crippen molar-refractivity contribution < 1.29 is 29.2 Å². The maximum Gasteiger partial charge on any atom is 0.320 e. The number of fused-ring (bicyclic) bond motifs is 1. The minimum Gasteiger partial charge on any atom is -0.480 e. The molecule has 6 N–H and O–H groups in total. The van der Waals surface area contributed by atoms with Crippen LogP contribution >= 0.6 is 11.8 Å². The van der Waals surface area contributed by atoms with E-state index in [0.29, 0.717) is 5.75 Å². The summed E-state index contributed by atoms with van der Waals surface area (Å²) in [6.45, 7) is 0. The number of carboxylic acids is 1. The second kappa shape index (κ2) is 8.13. The number of anilines is 1. The number of halogens is 1. The number of aliphatic carboxylic acids is 1. The minimum atomic E-state index is -2.47. The Morgan fingerprint density at radius 2 is 2.32 bits per heavy atom. The molecule has 1 aliphatic heterocycles. The summed E-state index contributed by atoms with van der Waals surface area (Å²) in [6.07, 6.45) is -1.15. The van der Waals surface area contributed by atoms with E-state index in [1.54, 1.807) is 0 Å². The summed E-state index contributed by atoms with van der Waals surface area (Å²) in [7, 11) is 0. The van der Waals surface area contributed by atoms with Gasteiger partial charge in [-0.3, -0.25) is 14.7 Å². The van der Waals surface area contributed by atoms with Crippen molar-refractivity contribution >= 4 is 34.7 Å². The van der Waals surface area contributed by atoms with Crippen LogP contribution in [0.15, 0.2) is 12.7 Å². The molecule has 28 heavy (non-hydrogen) atoms. The lowest BCUT2D eigenvalue weighted by molar-refractivity contribution is -0.187.